The van der Waals surface area contributed by atoms with Gasteiger partial charge < -0.3 is 4.90 Å². The van der Waals surface area contributed by atoms with Crippen LogP contribution >= 0.6 is 0 Å². The van der Waals surface area contributed by atoms with Gasteiger partial charge in [0.1, 0.15) is 5.52 Å². The Bertz CT molecular complexity index is 953. The molecule has 2 aliphatic rings. The van der Waals surface area contributed by atoms with Gasteiger partial charge in [-0.15, -0.1) is 0 Å². The fourth-order valence-electron chi connectivity index (χ4n) is 4.47. The van der Waals surface area contributed by atoms with Gasteiger partial charge in [-0.2, -0.15) is 5.10 Å². The van der Waals surface area contributed by atoms with Crippen molar-refractivity contribution >= 4 is 28.0 Å². The maximum Gasteiger partial charge on any atom is 0.239 e. The molecule has 8 nitrogen and oxygen atoms in total. The largest absolute Gasteiger partial charge is 0.341 e. The number of piperidine rings is 1. The Hall–Kier alpha value is -2.48. The van der Waals surface area contributed by atoms with Gasteiger partial charge in [0.25, 0.3) is 0 Å². The molecule has 0 radical (unpaired) electrons. The van der Waals surface area contributed by atoms with Crippen LogP contribution in [0.5, 0.6) is 0 Å². The van der Waals surface area contributed by atoms with Crippen molar-refractivity contribution in [2.45, 2.75) is 37.8 Å². The molecule has 2 aliphatic heterocycles. The number of carbonyl (C=O) groups is 1. The monoisotopic (exact) mass is 353 g/mol. The highest BCUT2D eigenvalue weighted by atomic mass is 16.2. The van der Waals surface area contributed by atoms with E-state index in [4.69, 9.17) is 0 Å². The van der Waals surface area contributed by atoms with Crippen molar-refractivity contribution < 1.29 is 4.79 Å². The lowest BCUT2D eigenvalue weighted by Gasteiger charge is -2.35. The number of hydrogen-bond donors (Lipinski definition) is 1. The van der Waals surface area contributed by atoms with Gasteiger partial charge in [-0.25, -0.2) is 15.2 Å². The van der Waals surface area contributed by atoms with E-state index in [1.165, 1.54) is 0 Å². The Labute approximate surface area is 151 Å². The smallest absolute Gasteiger partial charge is 0.239 e. The lowest BCUT2D eigenvalue weighted by molar-refractivity contribution is -0.136. The molecule has 136 valence electrons. The Morgan fingerprint density at radius 1 is 1.19 bits per heavy atom. The zero-order chi connectivity index (χ0) is 17.7. The van der Waals surface area contributed by atoms with E-state index < -0.39 is 0 Å². The fourth-order valence-corrected chi connectivity index (χ4v) is 4.47. The average molecular weight is 353 g/mol. The number of fused-ring (bicyclic) bond motifs is 3. The number of nitrogens with one attached hydrogen (secondary N) is 1. The topological polar surface area (TPSA) is 82.9 Å². The highest BCUT2D eigenvalue weighted by Crippen LogP contribution is 2.29. The molecule has 0 bridgehead atoms. The summed E-state index contributed by atoms with van der Waals surface area (Å²) in [5.41, 5.74) is 2.67. The number of likely N-dealkylation sites (N-methyl/N-ethyl adjacent to an activating group) is 1. The molecule has 3 aromatic heterocycles. The zero-order valence-electron chi connectivity index (χ0n) is 14.9. The van der Waals surface area contributed by atoms with Crippen LogP contribution in [0, 0.1) is 0 Å². The van der Waals surface area contributed by atoms with E-state index in [1.807, 2.05) is 11.0 Å². The third-order valence-corrected chi connectivity index (χ3v) is 5.95. The summed E-state index contributed by atoms with van der Waals surface area (Å²) in [6.45, 7) is 2.63. The molecule has 26 heavy (non-hydrogen) atoms. The summed E-state index contributed by atoms with van der Waals surface area (Å²) in [5, 5.41) is 8.60. The maximum atomic E-state index is 12.8. The molecule has 5 rings (SSSR count). The van der Waals surface area contributed by atoms with E-state index in [9.17, 15) is 4.79 Å². The van der Waals surface area contributed by atoms with Gasteiger partial charge in [-0.05, 0) is 45.3 Å². The van der Waals surface area contributed by atoms with Crippen molar-refractivity contribution in [1.82, 2.24) is 34.8 Å². The van der Waals surface area contributed by atoms with Gasteiger partial charge in [0.2, 0.25) is 5.91 Å². The van der Waals surface area contributed by atoms with Crippen LogP contribution in [-0.2, 0) is 4.79 Å². The molecule has 0 aromatic carbocycles. The number of amides is 1. The minimum Gasteiger partial charge on any atom is -0.341 e. The molecular weight excluding hydrogens is 330 g/mol. The number of rotatable bonds is 2. The third kappa shape index (κ3) is 2.39. The molecule has 1 N–H and O–H groups in total. The van der Waals surface area contributed by atoms with E-state index in [0.29, 0.717) is 11.9 Å². The number of H-pyrrole nitrogens is 1. The van der Waals surface area contributed by atoms with Crippen LogP contribution in [0.1, 0.15) is 31.7 Å². The van der Waals surface area contributed by atoms with Crippen LogP contribution in [0.25, 0.3) is 22.1 Å². The fraction of sp³-hybridized carbons (Fsp3) is 0.556. The number of likely N-dealkylation sites (tertiary alicyclic amines) is 2. The molecule has 1 atom stereocenters. The Morgan fingerprint density at radius 2 is 2.04 bits per heavy atom. The number of carbonyl (C=O) groups excluding carboxylic acids is 1. The van der Waals surface area contributed by atoms with Crippen molar-refractivity contribution in [3.63, 3.8) is 0 Å². The van der Waals surface area contributed by atoms with Crippen molar-refractivity contribution in [2.75, 3.05) is 26.7 Å². The summed E-state index contributed by atoms with van der Waals surface area (Å²) >= 11 is 0. The second-order valence-electron chi connectivity index (χ2n) is 7.45. The minimum absolute atomic E-state index is 0.0771. The third-order valence-electron chi connectivity index (χ3n) is 5.95. The second-order valence-corrected chi connectivity index (χ2v) is 7.45. The van der Waals surface area contributed by atoms with Crippen LogP contribution in [0.4, 0.5) is 0 Å². The maximum absolute atomic E-state index is 12.8. The zero-order valence-corrected chi connectivity index (χ0v) is 14.9. The minimum atomic E-state index is 0.0771. The lowest BCUT2D eigenvalue weighted by Crippen LogP contribution is -2.47. The van der Waals surface area contributed by atoms with Crippen LogP contribution in [-0.4, -0.2) is 73.4 Å². The first-order chi connectivity index (χ1) is 12.7. The van der Waals surface area contributed by atoms with Crippen molar-refractivity contribution in [1.29, 1.82) is 0 Å². The van der Waals surface area contributed by atoms with Gasteiger partial charge in [-0.1, -0.05) is 0 Å². The van der Waals surface area contributed by atoms with E-state index in [1.54, 1.807) is 12.4 Å². The van der Waals surface area contributed by atoms with E-state index in [-0.39, 0.29) is 6.04 Å². The SMILES string of the molecule is CN1CCCC1C(=O)N1CCC(n2[nH]nc3cnc4nccc4c32)CC1. The van der Waals surface area contributed by atoms with Crippen molar-refractivity contribution in [2.24, 2.45) is 0 Å². The lowest BCUT2D eigenvalue weighted by atomic mass is 10.0. The molecule has 5 heterocycles. The summed E-state index contributed by atoms with van der Waals surface area (Å²) in [6, 6.07) is 2.38. The van der Waals surface area contributed by atoms with Crippen LogP contribution < -0.4 is 0 Å². The van der Waals surface area contributed by atoms with Crippen molar-refractivity contribution in [3.05, 3.63) is 18.5 Å². The number of aromatic amines is 1. The average Bonchev–Trinajstić information content (AvgIpc) is 3.39. The Balaban J connectivity index is 1.36. The summed E-state index contributed by atoms with van der Waals surface area (Å²) in [6.07, 6.45) is 7.53. The molecular formula is C18H23N7O. The van der Waals surface area contributed by atoms with Gasteiger partial charge in [0, 0.05) is 24.7 Å². The molecule has 1 unspecified atom stereocenters. The first-order valence-corrected chi connectivity index (χ1v) is 9.37. The van der Waals surface area contributed by atoms with Crippen molar-refractivity contribution in [3.8, 4) is 0 Å². The quantitative estimate of drug-likeness (QED) is 0.756. The summed E-state index contributed by atoms with van der Waals surface area (Å²) in [5.74, 6) is 0.301. The molecule has 2 saturated heterocycles. The highest BCUT2D eigenvalue weighted by molar-refractivity contribution is 6.00. The number of hydrogen-bond acceptors (Lipinski definition) is 5. The van der Waals surface area contributed by atoms with E-state index in [0.717, 1.165) is 67.4 Å². The van der Waals surface area contributed by atoms with Gasteiger partial charge in [0.15, 0.2) is 5.65 Å². The van der Waals surface area contributed by atoms with Crippen LogP contribution in [0.2, 0.25) is 0 Å². The van der Waals surface area contributed by atoms with Gasteiger partial charge in [-0.3, -0.25) is 14.4 Å². The first kappa shape index (κ1) is 15.7. The summed E-state index contributed by atoms with van der Waals surface area (Å²) < 4.78 is 2.14. The van der Waals surface area contributed by atoms with Gasteiger partial charge >= 0.3 is 0 Å². The first-order valence-electron chi connectivity index (χ1n) is 9.37. The molecule has 0 saturated carbocycles. The predicted molar refractivity (Wildman–Crippen MR) is 97.7 cm³/mol. The normalized spacial score (nSPS) is 22.7. The van der Waals surface area contributed by atoms with Crippen LogP contribution in [0.3, 0.4) is 0 Å². The number of nitrogens with zero attached hydrogens (tertiary/aromatic N) is 6. The summed E-state index contributed by atoms with van der Waals surface area (Å²) in [7, 11) is 2.06. The Morgan fingerprint density at radius 3 is 2.81 bits per heavy atom. The molecule has 0 aliphatic carbocycles. The number of aromatic nitrogens is 5. The molecule has 1 amide bonds. The van der Waals surface area contributed by atoms with E-state index in [2.05, 4.69) is 36.9 Å². The molecule has 8 heteroatoms. The summed E-state index contributed by atoms with van der Waals surface area (Å²) in [4.78, 5) is 25.7. The van der Waals surface area contributed by atoms with Gasteiger partial charge in [0.05, 0.1) is 23.8 Å². The molecule has 2 fully saturated rings. The predicted octanol–water partition coefficient (Wildman–Crippen LogP) is 1.57. The molecule has 0 spiro atoms. The molecule has 3 aromatic rings. The van der Waals surface area contributed by atoms with E-state index >= 15 is 0 Å². The van der Waals surface area contributed by atoms with Crippen LogP contribution in [0.15, 0.2) is 18.5 Å². The standard InChI is InChI=1S/C18H23N7O/c1-23-8-2-3-15(23)18(26)24-9-5-12(6-10-24)25-16-13-4-7-19-17(13)20-11-14(16)21-22-25/h4,7,11-12,15,22H,2-3,5-6,8-10H2,1H3. The highest BCUT2D eigenvalue weighted by Gasteiger charge is 2.33. The second kappa shape index (κ2) is 6.05. The number of pyridine rings is 1. The Kier molecular flexibility index (Phi) is 3.66.